The Kier molecular flexibility index (Phi) is 4.83. The molecule has 0 saturated carbocycles. The second-order valence-corrected chi connectivity index (χ2v) is 2.51. The van der Waals surface area contributed by atoms with E-state index in [1.807, 2.05) is 0 Å². The predicted molar refractivity (Wildman–Crippen MR) is 44.5 cm³/mol. The number of aromatic nitrogens is 2. The molecule has 0 atom stereocenters. The molecule has 0 aliphatic heterocycles. The third kappa shape index (κ3) is 5.92. The van der Waals surface area contributed by atoms with Gasteiger partial charge in [-0.3, -0.25) is 9.78 Å². The summed E-state index contributed by atoms with van der Waals surface area (Å²) in [4.78, 5) is 39.5. The topological polar surface area (TPSA) is 123 Å². The quantitative estimate of drug-likeness (QED) is 0.406. The lowest BCUT2D eigenvalue weighted by Gasteiger charge is -1.84. The molecule has 0 unspecified atom stereocenters. The molecule has 0 spiro atoms. The van der Waals surface area contributed by atoms with E-state index in [-0.39, 0.29) is 5.56 Å². The Bertz CT molecular complexity index is 390. The maximum absolute atomic E-state index is 10.6. The zero-order chi connectivity index (χ0) is 10.4. The van der Waals surface area contributed by atoms with E-state index in [0.717, 1.165) is 0 Å². The smallest absolute Gasteiger partial charge is 0.314 e. The molecule has 4 N–H and O–H groups in total. The lowest BCUT2D eigenvalue weighted by molar-refractivity contribution is 0.405. The minimum Gasteiger partial charge on any atom is -0.314 e. The summed E-state index contributed by atoms with van der Waals surface area (Å²) in [5, 5.41) is 0. The lowest BCUT2D eigenvalue weighted by atomic mass is 10.4. The maximum Gasteiger partial charge on any atom is 0.692 e. The van der Waals surface area contributed by atoms with Crippen molar-refractivity contribution in [3.8, 4) is 0 Å². The molecule has 0 radical (unpaired) electrons. The maximum atomic E-state index is 10.6. The fourth-order valence-electron chi connectivity index (χ4n) is 0.477. The molecule has 0 aromatic carbocycles. The number of aromatic amines is 2. The van der Waals surface area contributed by atoms with Gasteiger partial charge in [-0.2, -0.15) is 0 Å². The average molecular weight is 207 g/mol. The molecule has 1 rings (SSSR count). The number of aryl methyl sites for hydroxylation is 1. The second kappa shape index (κ2) is 5.36. The van der Waals surface area contributed by atoms with E-state index >= 15 is 0 Å². The van der Waals surface area contributed by atoms with Crippen molar-refractivity contribution in [3.05, 3.63) is 32.6 Å². The van der Waals surface area contributed by atoms with Crippen molar-refractivity contribution in [2.45, 2.75) is 6.92 Å². The number of hydrogen-bond acceptors (Lipinski definition) is 3. The fraction of sp³-hybridized carbons (Fsp3) is 0.200. The van der Waals surface area contributed by atoms with Crippen LogP contribution in [-0.2, 0) is 4.57 Å². The zero-order valence-electron chi connectivity index (χ0n) is 6.64. The van der Waals surface area contributed by atoms with Gasteiger partial charge in [0.1, 0.15) is 0 Å². The van der Waals surface area contributed by atoms with Crippen molar-refractivity contribution in [3.63, 3.8) is 0 Å². The summed E-state index contributed by atoms with van der Waals surface area (Å²) in [5.74, 6) is 0. The second-order valence-electron chi connectivity index (χ2n) is 2.01. The fourth-order valence-corrected chi connectivity index (χ4v) is 0.477. The first-order chi connectivity index (χ1) is 5.93. The average Bonchev–Trinajstić information content (AvgIpc) is 1.96. The van der Waals surface area contributed by atoms with Crippen LogP contribution < -0.4 is 11.2 Å². The van der Waals surface area contributed by atoms with E-state index in [9.17, 15) is 9.59 Å². The Labute approximate surface area is 73.0 Å². The van der Waals surface area contributed by atoms with E-state index < -0.39 is 13.9 Å². The van der Waals surface area contributed by atoms with Gasteiger partial charge in [0, 0.05) is 16.3 Å². The molecule has 72 valence electrons. The standard InChI is InChI=1S/C5H6N2O2.HO3P/c1-3-2-6-5(9)7-4(3)8;1-4(2)3/h2H,1H3,(H2,6,7,8,9);(H-,1,2,3)/p+1. The van der Waals surface area contributed by atoms with Crippen LogP contribution in [0.1, 0.15) is 5.56 Å². The minimum absolute atomic E-state index is 0.334. The van der Waals surface area contributed by atoms with Crippen LogP contribution in [0.15, 0.2) is 15.8 Å². The molecule has 0 aliphatic rings. The summed E-state index contributed by atoms with van der Waals surface area (Å²) in [6.45, 7) is 1.62. The third-order valence-corrected chi connectivity index (χ3v) is 1.00. The molecule has 0 amide bonds. The van der Waals surface area contributed by atoms with Gasteiger partial charge in [-0.15, -0.1) is 9.79 Å². The van der Waals surface area contributed by atoms with Crippen LogP contribution >= 0.6 is 8.25 Å². The summed E-state index contributed by atoms with van der Waals surface area (Å²) in [5.41, 5.74) is -0.293. The van der Waals surface area contributed by atoms with Gasteiger partial charge in [0.25, 0.3) is 5.56 Å². The molecule has 7 nitrogen and oxygen atoms in total. The number of nitrogens with one attached hydrogen (secondary N) is 2. The number of hydrogen-bond donors (Lipinski definition) is 4. The van der Waals surface area contributed by atoms with Gasteiger partial charge in [-0.25, -0.2) is 4.79 Å². The molecule has 1 aromatic heterocycles. The number of rotatable bonds is 0. The molecule has 1 heterocycles. The zero-order valence-corrected chi connectivity index (χ0v) is 7.54. The highest BCUT2D eigenvalue weighted by atomic mass is 31.1. The largest absolute Gasteiger partial charge is 0.692 e. The van der Waals surface area contributed by atoms with Crippen molar-refractivity contribution in [1.82, 2.24) is 9.97 Å². The molecule has 13 heavy (non-hydrogen) atoms. The van der Waals surface area contributed by atoms with Crippen LogP contribution in [0.4, 0.5) is 0 Å². The van der Waals surface area contributed by atoms with E-state index in [0.29, 0.717) is 5.56 Å². The highest BCUT2D eigenvalue weighted by Crippen LogP contribution is 1.98. The van der Waals surface area contributed by atoms with Crippen molar-refractivity contribution >= 4 is 8.25 Å². The normalized spacial score (nSPS) is 8.54. The Morgan fingerprint density at radius 2 is 1.85 bits per heavy atom. The first kappa shape index (κ1) is 11.7. The lowest BCUT2D eigenvalue weighted by Crippen LogP contribution is -2.22. The Balaban J connectivity index is 0.000000310. The Hall–Kier alpha value is -1.30. The Morgan fingerprint density at radius 3 is 2.15 bits per heavy atom. The molecule has 0 saturated heterocycles. The number of H-pyrrole nitrogens is 2. The summed E-state index contributed by atoms with van der Waals surface area (Å²) in [7, 11) is -2.87. The van der Waals surface area contributed by atoms with Gasteiger partial charge in [0.2, 0.25) is 0 Å². The van der Waals surface area contributed by atoms with E-state index in [2.05, 4.69) is 9.97 Å². The molecular formula is C5H8N2O5P+. The summed E-state index contributed by atoms with van der Waals surface area (Å²) in [6, 6.07) is 0. The van der Waals surface area contributed by atoms with Gasteiger partial charge in [0.05, 0.1) is 0 Å². The van der Waals surface area contributed by atoms with Gasteiger partial charge >= 0.3 is 13.9 Å². The van der Waals surface area contributed by atoms with Crippen LogP contribution in [0.5, 0.6) is 0 Å². The summed E-state index contributed by atoms with van der Waals surface area (Å²) in [6.07, 6.45) is 1.38. The first-order valence-electron chi connectivity index (χ1n) is 3.07. The Morgan fingerprint density at radius 1 is 1.38 bits per heavy atom. The van der Waals surface area contributed by atoms with Crippen LogP contribution in [0.2, 0.25) is 0 Å². The highest BCUT2D eigenvalue weighted by Gasteiger charge is 1.93. The first-order valence-corrected chi connectivity index (χ1v) is 4.23. The van der Waals surface area contributed by atoms with Gasteiger partial charge in [-0.05, 0) is 6.92 Å². The SMILES string of the molecule is Cc1c[nH]c(=O)[nH]c1=O.O=[P+](O)O. The molecular weight excluding hydrogens is 199 g/mol. The van der Waals surface area contributed by atoms with Crippen LogP contribution in [0.3, 0.4) is 0 Å². The highest BCUT2D eigenvalue weighted by molar-refractivity contribution is 7.30. The third-order valence-electron chi connectivity index (χ3n) is 1.00. The van der Waals surface area contributed by atoms with Gasteiger partial charge < -0.3 is 4.98 Å². The van der Waals surface area contributed by atoms with Gasteiger partial charge in [0.15, 0.2) is 0 Å². The van der Waals surface area contributed by atoms with Crippen molar-refractivity contribution in [2.24, 2.45) is 0 Å². The van der Waals surface area contributed by atoms with Crippen LogP contribution in [-0.4, -0.2) is 19.8 Å². The van der Waals surface area contributed by atoms with Crippen molar-refractivity contribution < 1.29 is 14.4 Å². The van der Waals surface area contributed by atoms with E-state index in [4.69, 9.17) is 14.4 Å². The molecule has 0 fully saturated rings. The molecule has 8 heteroatoms. The monoisotopic (exact) mass is 207 g/mol. The van der Waals surface area contributed by atoms with E-state index in [1.54, 1.807) is 6.92 Å². The molecule has 0 bridgehead atoms. The van der Waals surface area contributed by atoms with Crippen molar-refractivity contribution in [2.75, 3.05) is 0 Å². The summed E-state index contributed by atoms with van der Waals surface area (Å²) < 4.78 is 8.70. The summed E-state index contributed by atoms with van der Waals surface area (Å²) >= 11 is 0. The van der Waals surface area contributed by atoms with Crippen LogP contribution in [0.25, 0.3) is 0 Å². The molecule has 1 aromatic rings. The minimum atomic E-state index is -2.87. The van der Waals surface area contributed by atoms with Gasteiger partial charge in [-0.1, -0.05) is 0 Å². The predicted octanol–water partition coefficient (Wildman–Crippen LogP) is -1.000. The van der Waals surface area contributed by atoms with E-state index in [1.165, 1.54) is 6.20 Å². The van der Waals surface area contributed by atoms with Crippen LogP contribution in [0, 0.1) is 6.92 Å². The van der Waals surface area contributed by atoms with Crippen molar-refractivity contribution in [1.29, 1.82) is 0 Å². The molecule has 0 aliphatic carbocycles.